The lowest BCUT2D eigenvalue weighted by molar-refractivity contribution is -0.144. The van der Waals surface area contributed by atoms with Crippen molar-refractivity contribution in [2.24, 2.45) is 0 Å². The molecule has 130 valence electrons. The molecule has 0 amide bonds. The number of oxazole rings is 1. The first-order valence-corrected chi connectivity index (χ1v) is 8.69. The number of fused-ring (bicyclic) bond motifs is 1. The number of nitrogens with one attached hydrogen (secondary N) is 1. The lowest BCUT2D eigenvalue weighted by Crippen LogP contribution is -2.15. The number of ether oxygens (including phenoxy) is 1. The topological polar surface area (TPSA) is 98.1 Å². The van der Waals surface area contributed by atoms with Crippen LogP contribution < -0.4 is 5.56 Å². The molecule has 0 spiro atoms. The fraction of sp³-hybridized carbons (Fsp3) is 0.111. The van der Waals surface area contributed by atoms with Crippen LogP contribution in [0.15, 0.2) is 57.3 Å². The summed E-state index contributed by atoms with van der Waals surface area (Å²) in [5, 5.41) is 9.42. The van der Waals surface area contributed by atoms with Crippen LogP contribution in [0.2, 0.25) is 0 Å². The van der Waals surface area contributed by atoms with Gasteiger partial charge in [-0.1, -0.05) is 24.3 Å². The third kappa shape index (κ3) is 3.27. The molecule has 0 unspecified atom stereocenters. The Hall–Kier alpha value is -3.26. The minimum absolute atomic E-state index is 0.00892. The lowest BCUT2D eigenvalue weighted by Gasteiger charge is -2.05. The minimum Gasteiger partial charge on any atom is -0.459 e. The van der Waals surface area contributed by atoms with Gasteiger partial charge in [-0.3, -0.25) is 9.59 Å². The maximum Gasteiger partial charge on any atom is 0.312 e. The first-order valence-electron chi connectivity index (χ1n) is 7.81. The largest absolute Gasteiger partial charge is 0.459 e. The zero-order valence-corrected chi connectivity index (χ0v) is 14.3. The standard InChI is InChI=1S/C18H13N3O4S/c22-16(8-14-12-4-1-2-5-13(12)17(23)21-20-14)24-9-11-10-25-18(19-11)15-6-3-7-26-15/h1-7,10H,8-9H2,(H,21,23). The predicted octanol–water partition coefficient (Wildman–Crippen LogP) is 2.93. The van der Waals surface area contributed by atoms with Crippen molar-refractivity contribution < 1.29 is 13.9 Å². The van der Waals surface area contributed by atoms with Crippen molar-refractivity contribution in [3.8, 4) is 10.8 Å². The smallest absolute Gasteiger partial charge is 0.312 e. The summed E-state index contributed by atoms with van der Waals surface area (Å²) in [5.74, 6) is 0.0368. The van der Waals surface area contributed by atoms with E-state index in [9.17, 15) is 9.59 Å². The van der Waals surface area contributed by atoms with Gasteiger partial charge in [0.25, 0.3) is 5.56 Å². The molecular formula is C18H13N3O4S. The van der Waals surface area contributed by atoms with E-state index in [4.69, 9.17) is 9.15 Å². The molecule has 3 heterocycles. The molecular weight excluding hydrogens is 354 g/mol. The Morgan fingerprint density at radius 2 is 2.04 bits per heavy atom. The van der Waals surface area contributed by atoms with E-state index in [0.29, 0.717) is 28.1 Å². The highest BCUT2D eigenvalue weighted by atomic mass is 32.1. The van der Waals surface area contributed by atoms with Gasteiger partial charge in [0.2, 0.25) is 5.89 Å². The molecule has 26 heavy (non-hydrogen) atoms. The number of esters is 1. The van der Waals surface area contributed by atoms with Crippen molar-refractivity contribution in [1.82, 2.24) is 15.2 Å². The van der Waals surface area contributed by atoms with Gasteiger partial charge in [-0.25, -0.2) is 10.1 Å². The van der Waals surface area contributed by atoms with Gasteiger partial charge in [0.1, 0.15) is 18.6 Å². The van der Waals surface area contributed by atoms with E-state index in [1.807, 2.05) is 17.5 Å². The van der Waals surface area contributed by atoms with E-state index in [0.717, 1.165) is 4.88 Å². The normalized spacial score (nSPS) is 10.9. The average molecular weight is 367 g/mol. The van der Waals surface area contributed by atoms with Crippen LogP contribution in [0.3, 0.4) is 0 Å². The molecule has 1 aromatic carbocycles. The van der Waals surface area contributed by atoms with E-state index in [2.05, 4.69) is 15.2 Å². The van der Waals surface area contributed by atoms with Gasteiger partial charge in [0.05, 0.1) is 22.4 Å². The van der Waals surface area contributed by atoms with E-state index in [1.54, 1.807) is 24.3 Å². The van der Waals surface area contributed by atoms with E-state index >= 15 is 0 Å². The van der Waals surface area contributed by atoms with Gasteiger partial charge in [-0.05, 0) is 17.5 Å². The molecule has 0 bridgehead atoms. The van der Waals surface area contributed by atoms with Crippen molar-refractivity contribution >= 4 is 28.1 Å². The molecule has 0 aliphatic rings. The summed E-state index contributed by atoms with van der Waals surface area (Å²) in [5.41, 5.74) is 0.701. The van der Waals surface area contributed by atoms with Crippen LogP contribution in [0.25, 0.3) is 21.5 Å². The molecule has 0 saturated heterocycles. The fourth-order valence-electron chi connectivity index (χ4n) is 2.54. The number of hydrogen-bond acceptors (Lipinski definition) is 7. The van der Waals surface area contributed by atoms with Crippen LogP contribution in [0.1, 0.15) is 11.4 Å². The Balaban J connectivity index is 1.44. The summed E-state index contributed by atoms with van der Waals surface area (Å²) in [7, 11) is 0. The highest BCUT2D eigenvalue weighted by Gasteiger charge is 2.13. The predicted molar refractivity (Wildman–Crippen MR) is 95.7 cm³/mol. The molecule has 8 heteroatoms. The van der Waals surface area contributed by atoms with Crippen molar-refractivity contribution in [3.63, 3.8) is 0 Å². The Kier molecular flexibility index (Phi) is 4.32. The van der Waals surface area contributed by atoms with Crippen LogP contribution in [-0.2, 0) is 22.6 Å². The van der Waals surface area contributed by atoms with E-state index in [1.165, 1.54) is 17.6 Å². The fourth-order valence-corrected chi connectivity index (χ4v) is 3.19. The van der Waals surface area contributed by atoms with Gasteiger partial charge in [0.15, 0.2) is 0 Å². The van der Waals surface area contributed by atoms with Crippen molar-refractivity contribution in [1.29, 1.82) is 0 Å². The Morgan fingerprint density at radius 3 is 2.85 bits per heavy atom. The SMILES string of the molecule is O=C(Cc1n[nH]c(=O)c2ccccc12)OCc1coc(-c2cccs2)n1. The number of nitrogens with zero attached hydrogens (tertiary/aromatic N) is 2. The van der Waals surface area contributed by atoms with Crippen LogP contribution in [-0.4, -0.2) is 21.2 Å². The lowest BCUT2D eigenvalue weighted by atomic mass is 10.1. The summed E-state index contributed by atoms with van der Waals surface area (Å²) in [4.78, 5) is 29.1. The summed E-state index contributed by atoms with van der Waals surface area (Å²) >= 11 is 1.52. The number of carbonyl (C=O) groups excluding carboxylic acids is 1. The maximum atomic E-state index is 12.1. The highest BCUT2D eigenvalue weighted by molar-refractivity contribution is 7.13. The molecule has 0 radical (unpaired) electrons. The molecule has 0 aliphatic carbocycles. The number of H-pyrrole nitrogens is 1. The molecule has 3 aromatic heterocycles. The van der Waals surface area contributed by atoms with E-state index < -0.39 is 5.97 Å². The third-order valence-corrected chi connectivity index (χ3v) is 4.61. The van der Waals surface area contributed by atoms with Gasteiger partial charge >= 0.3 is 5.97 Å². The quantitative estimate of drug-likeness (QED) is 0.545. The number of thiophene rings is 1. The maximum absolute atomic E-state index is 12.1. The minimum atomic E-state index is -0.463. The zero-order chi connectivity index (χ0) is 17.9. The number of rotatable bonds is 5. The van der Waals surface area contributed by atoms with Crippen LogP contribution in [0.4, 0.5) is 0 Å². The summed E-state index contributed by atoms with van der Waals surface area (Å²) in [6.45, 7) is 0.00892. The average Bonchev–Trinajstić information content (AvgIpc) is 3.34. The van der Waals surface area contributed by atoms with Crippen LogP contribution >= 0.6 is 11.3 Å². The zero-order valence-electron chi connectivity index (χ0n) is 13.5. The van der Waals surface area contributed by atoms with Gasteiger partial charge in [-0.15, -0.1) is 11.3 Å². The second-order valence-corrected chi connectivity index (χ2v) is 6.45. The number of aromatic amines is 1. The molecule has 0 saturated carbocycles. The summed E-state index contributed by atoms with van der Waals surface area (Å²) < 4.78 is 10.6. The second-order valence-electron chi connectivity index (χ2n) is 5.50. The third-order valence-electron chi connectivity index (χ3n) is 3.75. The van der Waals surface area contributed by atoms with E-state index in [-0.39, 0.29) is 18.6 Å². The molecule has 4 rings (SSSR count). The van der Waals surface area contributed by atoms with Crippen LogP contribution in [0, 0.1) is 0 Å². The van der Waals surface area contributed by atoms with Crippen molar-refractivity contribution in [3.05, 3.63) is 69.8 Å². The summed E-state index contributed by atoms with van der Waals surface area (Å²) in [6, 6.07) is 10.8. The van der Waals surface area contributed by atoms with Crippen molar-refractivity contribution in [2.75, 3.05) is 0 Å². The molecule has 0 atom stereocenters. The first kappa shape index (κ1) is 16.2. The van der Waals surface area contributed by atoms with Gasteiger partial charge < -0.3 is 9.15 Å². The van der Waals surface area contributed by atoms with Crippen LogP contribution in [0.5, 0.6) is 0 Å². The Labute approximate surface area is 151 Å². The molecule has 0 fully saturated rings. The highest BCUT2D eigenvalue weighted by Crippen LogP contribution is 2.23. The van der Waals surface area contributed by atoms with Gasteiger partial charge in [-0.2, -0.15) is 5.10 Å². The molecule has 0 aliphatic heterocycles. The monoisotopic (exact) mass is 367 g/mol. The Bertz CT molecular complexity index is 1110. The number of carbonyl (C=O) groups is 1. The van der Waals surface area contributed by atoms with Crippen molar-refractivity contribution in [2.45, 2.75) is 13.0 Å². The number of aromatic nitrogens is 3. The molecule has 4 aromatic rings. The second kappa shape index (κ2) is 6.93. The number of benzene rings is 1. The Morgan fingerprint density at radius 1 is 1.19 bits per heavy atom. The van der Waals surface area contributed by atoms with Gasteiger partial charge in [0, 0.05) is 5.39 Å². The molecule has 1 N–H and O–H groups in total. The molecule has 7 nitrogen and oxygen atoms in total. The first-order chi connectivity index (χ1) is 12.7. The number of hydrogen-bond donors (Lipinski definition) is 1. The summed E-state index contributed by atoms with van der Waals surface area (Å²) in [6.07, 6.45) is 1.42.